The summed E-state index contributed by atoms with van der Waals surface area (Å²) in [5, 5.41) is 2.87. The number of benzene rings is 2. The molecule has 6 nitrogen and oxygen atoms in total. The Kier molecular flexibility index (Phi) is 7.16. The van der Waals surface area contributed by atoms with Crippen LogP contribution in [0.5, 0.6) is 0 Å². The van der Waals surface area contributed by atoms with Crippen molar-refractivity contribution in [1.29, 1.82) is 0 Å². The summed E-state index contributed by atoms with van der Waals surface area (Å²) in [4.78, 5) is 12.9. The summed E-state index contributed by atoms with van der Waals surface area (Å²) in [6.07, 6.45) is 0. The minimum atomic E-state index is -3.49. The van der Waals surface area contributed by atoms with Gasteiger partial charge >= 0.3 is 0 Å². The largest absolute Gasteiger partial charge is 0.348 e. The number of carbonyl (C=O) groups excluding carboxylic acids is 1. The number of hydrogen-bond donors (Lipinski definition) is 2. The van der Waals surface area contributed by atoms with Crippen LogP contribution in [0.2, 0.25) is 0 Å². The van der Waals surface area contributed by atoms with Crippen LogP contribution >= 0.6 is 0 Å². The van der Waals surface area contributed by atoms with Crippen molar-refractivity contribution in [2.24, 2.45) is 0 Å². The summed E-state index contributed by atoms with van der Waals surface area (Å²) in [6, 6.07) is 15.0. The van der Waals surface area contributed by atoms with Crippen molar-refractivity contribution in [2.75, 3.05) is 0 Å². The standard InChI is InChI=1S/C24H28FN3O3S/c1-16(2)27-32(30,31)15-20-10-6-5-9-19(20)14-26-24(29)21-13-17(3)28(18(21)4)23-12-8-7-11-22(23)25/h5-13,16,27H,14-15H2,1-4H3,(H,26,29). The molecular weight excluding hydrogens is 429 g/mol. The first-order valence-corrected chi connectivity index (χ1v) is 12.0. The lowest BCUT2D eigenvalue weighted by Crippen LogP contribution is -2.32. The van der Waals surface area contributed by atoms with Gasteiger partial charge in [0.2, 0.25) is 10.0 Å². The molecule has 2 N–H and O–H groups in total. The van der Waals surface area contributed by atoms with Crippen LogP contribution in [0.3, 0.4) is 0 Å². The van der Waals surface area contributed by atoms with Gasteiger partial charge in [0.15, 0.2) is 0 Å². The highest BCUT2D eigenvalue weighted by Crippen LogP contribution is 2.23. The maximum atomic E-state index is 14.3. The first kappa shape index (κ1) is 23.7. The third-order valence-corrected chi connectivity index (χ3v) is 6.61. The van der Waals surface area contributed by atoms with E-state index in [9.17, 15) is 17.6 Å². The normalized spacial score (nSPS) is 11.7. The van der Waals surface area contributed by atoms with Crippen LogP contribution < -0.4 is 10.0 Å². The van der Waals surface area contributed by atoms with E-state index in [0.29, 0.717) is 22.5 Å². The number of nitrogens with zero attached hydrogens (tertiary/aromatic N) is 1. The number of amides is 1. The number of carbonyl (C=O) groups is 1. The highest BCUT2D eigenvalue weighted by atomic mass is 32.2. The van der Waals surface area contributed by atoms with Gasteiger partial charge in [-0.15, -0.1) is 0 Å². The predicted octanol–water partition coefficient (Wildman–Crippen LogP) is 3.99. The van der Waals surface area contributed by atoms with Gasteiger partial charge in [0, 0.05) is 24.0 Å². The van der Waals surface area contributed by atoms with Crippen LogP contribution in [0.15, 0.2) is 54.6 Å². The molecule has 0 radical (unpaired) electrons. The first-order valence-electron chi connectivity index (χ1n) is 10.4. The molecule has 1 aromatic heterocycles. The molecule has 2 aromatic carbocycles. The van der Waals surface area contributed by atoms with Crippen LogP contribution in [0, 0.1) is 19.7 Å². The average molecular weight is 458 g/mol. The summed E-state index contributed by atoms with van der Waals surface area (Å²) in [6.45, 7) is 7.29. The van der Waals surface area contributed by atoms with E-state index in [1.165, 1.54) is 6.07 Å². The quantitative estimate of drug-likeness (QED) is 0.537. The van der Waals surface area contributed by atoms with Gasteiger partial charge in [0.05, 0.1) is 17.0 Å². The molecule has 170 valence electrons. The number of hydrogen-bond acceptors (Lipinski definition) is 3. The minimum Gasteiger partial charge on any atom is -0.348 e. The number of rotatable bonds is 8. The second kappa shape index (κ2) is 9.67. The molecule has 0 saturated heterocycles. The molecular formula is C24H28FN3O3S. The molecule has 3 rings (SSSR count). The molecule has 0 aliphatic carbocycles. The van der Waals surface area contributed by atoms with Gasteiger partial charge in [-0.2, -0.15) is 0 Å². The van der Waals surface area contributed by atoms with Crippen molar-refractivity contribution in [1.82, 2.24) is 14.6 Å². The Morgan fingerprint density at radius 2 is 1.66 bits per heavy atom. The fourth-order valence-corrected chi connectivity index (χ4v) is 5.24. The average Bonchev–Trinajstić information content (AvgIpc) is 3.00. The van der Waals surface area contributed by atoms with E-state index in [2.05, 4.69) is 10.0 Å². The lowest BCUT2D eigenvalue weighted by molar-refractivity contribution is 0.0950. The van der Waals surface area contributed by atoms with Crippen molar-refractivity contribution in [3.05, 3.63) is 88.5 Å². The number of halogens is 1. The fourth-order valence-electron chi connectivity index (χ4n) is 3.74. The Morgan fingerprint density at radius 1 is 1.03 bits per heavy atom. The Bertz CT molecular complexity index is 1230. The summed E-state index contributed by atoms with van der Waals surface area (Å²) in [5.74, 6) is -0.844. The Hall–Kier alpha value is -2.97. The molecule has 0 fully saturated rings. The van der Waals surface area contributed by atoms with Crippen LogP contribution in [0.4, 0.5) is 4.39 Å². The first-order chi connectivity index (χ1) is 15.1. The van der Waals surface area contributed by atoms with Gasteiger partial charge in [0.25, 0.3) is 5.91 Å². The number of sulfonamides is 1. The molecule has 3 aromatic rings. The van der Waals surface area contributed by atoms with Gasteiger partial charge in [-0.1, -0.05) is 36.4 Å². The van der Waals surface area contributed by atoms with Crippen LogP contribution in [-0.2, 0) is 22.3 Å². The second-order valence-corrected chi connectivity index (χ2v) is 9.81. The molecule has 0 spiro atoms. The lowest BCUT2D eigenvalue weighted by atomic mass is 10.1. The monoisotopic (exact) mass is 457 g/mol. The number of para-hydroxylation sites is 1. The summed E-state index contributed by atoms with van der Waals surface area (Å²) < 4.78 is 43.3. The van der Waals surface area contributed by atoms with E-state index in [4.69, 9.17) is 0 Å². The third-order valence-electron chi connectivity index (χ3n) is 5.09. The molecule has 32 heavy (non-hydrogen) atoms. The van der Waals surface area contributed by atoms with Gasteiger partial charge < -0.3 is 9.88 Å². The fraction of sp³-hybridized carbons (Fsp3) is 0.292. The Labute approximate surface area is 188 Å². The number of aromatic nitrogens is 1. The zero-order valence-electron chi connectivity index (χ0n) is 18.6. The van der Waals surface area contributed by atoms with Gasteiger partial charge in [-0.25, -0.2) is 17.5 Å². The molecule has 1 heterocycles. The van der Waals surface area contributed by atoms with E-state index in [1.807, 2.05) is 6.92 Å². The van der Waals surface area contributed by atoms with Crippen molar-refractivity contribution in [3.8, 4) is 5.69 Å². The zero-order valence-corrected chi connectivity index (χ0v) is 19.5. The highest BCUT2D eigenvalue weighted by Gasteiger charge is 2.19. The summed E-state index contributed by atoms with van der Waals surface area (Å²) in [5.41, 5.74) is 3.54. The van der Waals surface area contributed by atoms with E-state index in [-0.39, 0.29) is 30.1 Å². The van der Waals surface area contributed by atoms with Crippen LogP contribution in [0.1, 0.15) is 46.7 Å². The van der Waals surface area contributed by atoms with E-state index < -0.39 is 10.0 Å². The van der Waals surface area contributed by atoms with Crippen LogP contribution in [0.25, 0.3) is 5.69 Å². The maximum Gasteiger partial charge on any atom is 0.253 e. The molecule has 0 aliphatic heterocycles. The molecule has 8 heteroatoms. The second-order valence-electron chi connectivity index (χ2n) is 8.05. The zero-order chi connectivity index (χ0) is 23.5. The van der Waals surface area contributed by atoms with Crippen molar-refractivity contribution in [2.45, 2.75) is 46.0 Å². The smallest absolute Gasteiger partial charge is 0.253 e. The molecule has 1 amide bonds. The van der Waals surface area contributed by atoms with Gasteiger partial charge in [-0.3, -0.25) is 4.79 Å². The summed E-state index contributed by atoms with van der Waals surface area (Å²) in [7, 11) is -3.49. The number of aryl methyl sites for hydroxylation is 1. The van der Waals surface area contributed by atoms with Crippen molar-refractivity contribution in [3.63, 3.8) is 0 Å². The maximum absolute atomic E-state index is 14.3. The predicted molar refractivity (Wildman–Crippen MR) is 124 cm³/mol. The topological polar surface area (TPSA) is 80.2 Å². The van der Waals surface area contributed by atoms with E-state index in [1.54, 1.807) is 73.9 Å². The Balaban J connectivity index is 1.79. The molecule has 0 bridgehead atoms. The van der Waals surface area contributed by atoms with Gasteiger partial charge in [0.1, 0.15) is 5.82 Å². The molecule has 0 atom stereocenters. The van der Waals surface area contributed by atoms with E-state index >= 15 is 0 Å². The molecule has 0 aliphatic rings. The van der Waals surface area contributed by atoms with Gasteiger partial charge in [-0.05, 0) is 57.0 Å². The minimum absolute atomic E-state index is 0.168. The van der Waals surface area contributed by atoms with Crippen LogP contribution in [-0.4, -0.2) is 24.9 Å². The Morgan fingerprint density at radius 3 is 2.31 bits per heavy atom. The van der Waals surface area contributed by atoms with Crippen molar-refractivity contribution < 1.29 is 17.6 Å². The highest BCUT2D eigenvalue weighted by molar-refractivity contribution is 7.88. The lowest BCUT2D eigenvalue weighted by Gasteiger charge is -2.14. The number of nitrogens with one attached hydrogen (secondary N) is 2. The molecule has 0 unspecified atom stereocenters. The van der Waals surface area contributed by atoms with E-state index in [0.717, 1.165) is 11.3 Å². The van der Waals surface area contributed by atoms with Crippen molar-refractivity contribution >= 4 is 15.9 Å². The summed E-state index contributed by atoms with van der Waals surface area (Å²) >= 11 is 0. The molecule has 0 saturated carbocycles. The third kappa shape index (κ3) is 5.44. The SMILES string of the molecule is Cc1cc(C(=O)NCc2ccccc2CS(=O)(=O)NC(C)C)c(C)n1-c1ccccc1F.